The van der Waals surface area contributed by atoms with Crippen LogP contribution in [0.2, 0.25) is 0 Å². The van der Waals surface area contributed by atoms with Gasteiger partial charge in [0.05, 0.1) is 5.69 Å². The molecule has 6 rings (SSSR count). The van der Waals surface area contributed by atoms with E-state index in [1.807, 2.05) is 35.2 Å². The summed E-state index contributed by atoms with van der Waals surface area (Å²) in [5, 5.41) is 5.99. The molecule has 1 fully saturated rings. The first kappa shape index (κ1) is 23.0. The molecule has 0 radical (unpaired) electrons. The van der Waals surface area contributed by atoms with Crippen LogP contribution in [0.15, 0.2) is 73.2 Å². The van der Waals surface area contributed by atoms with E-state index in [2.05, 4.69) is 38.8 Å². The maximum absolute atomic E-state index is 12.9. The third-order valence-electron chi connectivity index (χ3n) is 7.06. The summed E-state index contributed by atoms with van der Waals surface area (Å²) < 4.78 is 5.87. The van der Waals surface area contributed by atoms with Gasteiger partial charge in [-0.3, -0.25) is 14.6 Å². The number of hydrogen-bond acceptors (Lipinski definition) is 6. The van der Waals surface area contributed by atoms with Gasteiger partial charge in [0, 0.05) is 50.7 Å². The van der Waals surface area contributed by atoms with E-state index in [0.717, 1.165) is 42.3 Å². The van der Waals surface area contributed by atoms with Crippen LogP contribution >= 0.6 is 0 Å². The molecule has 3 aliphatic rings. The van der Waals surface area contributed by atoms with Crippen LogP contribution in [0.25, 0.3) is 11.6 Å². The summed E-state index contributed by atoms with van der Waals surface area (Å²) in [6, 6.07) is 13.8. The maximum atomic E-state index is 12.9. The molecule has 8 nitrogen and oxygen atoms in total. The number of ether oxygens (including phenoxy) is 1. The standard InChI is InChI=1S/C29H27N5O3/c35-27-9-12-31-26-13-19(16-32-29(26)33-27)1-6-28(36)34-17-22-14-21(15-23(22)18-34)20-2-4-24(5-3-20)37-25-7-10-30-11-8-25/h1-8,10-11,13-14,16,22-23,31H,9,12,15,17-18H2,(H,32,33,35)/b6-1+/t22-,23+/m0/s1. The molecule has 37 heavy (non-hydrogen) atoms. The zero-order valence-electron chi connectivity index (χ0n) is 20.3. The summed E-state index contributed by atoms with van der Waals surface area (Å²) >= 11 is 0. The lowest BCUT2D eigenvalue weighted by molar-refractivity contribution is -0.125. The molecule has 3 aromatic rings. The number of fused-ring (bicyclic) bond motifs is 2. The summed E-state index contributed by atoms with van der Waals surface area (Å²) in [6.07, 6.45) is 12.2. The SMILES string of the molecule is O=C1CCNc2cc(/C=C/C(=O)N3C[C@H]4CC(c5ccc(Oc6ccncc6)cc5)=C[C@H]4C3)cnc2N1. The van der Waals surface area contributed by atoms with Crippen LogP contribution in [0, 0.1) is 11.8 Å². The average molecular weight is 494 g/mol. The van der Waals surface area contributed by atoms with Crippen LogP contribution in [-0.2, 0) is 9.59 Å². The van der Waals surface area contributed by atoms with Crippen molar-refractivity contribution in [3.05, 3.63) is 84.3 Å². The Labute approximate surface area is 215 Å². The van der Waals surface area contributed by atoms with Crippen LogP contribution in [-0.4, -0.2) is 46.3 Å². The third-order valence-corrected chi connectivity index (χ3v) is 7.06. The van der Waals surface area contributed by atoms with Crippen molar-refractivity contribution in [1.82, 2.24) is 14.9 Å². The molecular formula is C29H27N5O3. The number of pyridine rings is 2. The fraction of sp³-hybridized carbons (Fsp3) is 0.241. The predicted molar refractivity (Wildman–Crippen MR) is 142 cm³/mol. The fourth-order valence-corrected chi connectivity index (χ4v) is 5.17. The molecule has 0 saturated carbocycles. The van der Waals surface area contributed by atoms with Crippen LogP contribution in [0.1, 0.15) is 24.0 Å². The van der Waals surface area contributed by atoms with Crippen LogP contribution < -0.4 is 15.4 Å². The van der Waals surface area contributed by atoms with Crippen molar-refractivity contribution in [1.29, 1.82) is 0 Å². The zero-order chi connectivity index (χ0) is 25.2. The van der Waals surface area contributed by atoms with Crippen LogP contribution in [0.3, 0.4) is 0 Å². The molecule has 1 aliphatic carbocycles. The van der Waals surface area contributed by atoms with E-state index in [1.54, 1.807) is 30.7 Å². The Kier molecular flexibility index (Phi) is 6.14. The Balaban J connectivity index is 1.06. The monoisotopic (exact) mass is 493 g/mol. The number of anilines is 2. The van der Waals surface area contributed by atoms with Gasteiger partial charge in [-0.2, -0.15) is 0 Å². The van der Waals surface area contributed by atoms with Gasteiger partial charge < -0.3 is 20.3 Å². The van der Waals surface area contributed by atoms with E-state index >= 15 is 0 Å². The Morgan fingerprint density at radius 3 is 2.70 bits per heavy atom. The van der Waals surface area contributed by atoms with Gasteiger partial charge >= 0.3 is 0 Å². The minimum Gasteiger partial charge on any atom is -0.457 e. The van der Waals surface area contributed by atoms with E-state index in [0.29, 0.717) is 30.6 Å². The molecular weight excluding hydrogens is 466 g/mol. The topological polar surface area (TPSA) is 96.5 Å². The lowest BCUT2D eigenvalue weighted by Crippen LogP contribution is -2.27. The second-order valence-corrected chi connectivity index (χ2v) is 9.60. The molecule has 0 bridgehead atoms. The Hall–Kier alpha value is -4.46. The summed E-state index contributed by atoms with van der Waals surface area (Å²) in [5.74, 6) is 2.86. The molecule has 186 valence electrons. The van der Waals surface area contributed by atoms with Crippen molar-refractivity contribution in [2.75, 3.05) is 30.3 Å². The molecule has 2 atom stereocenters. The molecule has 0 spiro atoms. The highest BCUT2D eigenvalue weighted by molar-refractivity contribution is 5.95. The molecule has 0 unspecified atom stereocenters. The highest BCUT2D eigenvalue weighted by Crippen LogP contribution is 2.41. The predicted octanol–water partition coefficient (Wildman–Crippen LogP) is 4.60. The number of carbonyl (C=O) groups is 2. The Morgan fingerprint density at radius 2 is 1.89 bits per heavy atom. The number of hydrogen-bond donors (Lipinski definition) is 2. The Bertz CT molecular complexity index is 1380. The highest BCUT2D eigenvalue weighted by Gasteiger charge is 2.37. The van der Waals surface area contributed by atoms with Gasteiger partial charge in [0.15, 0.2) is 5.82 Å². The van der Waals surface area contributed by atoms with Gasteiger partial charge in [-0.15, -0.1) is 0 Å². The summed E-state index contributed by atoms with van der Waals surface area (Å²) in [7, 11) is 0. The second kappa shape index (κ2) is 9.89. The van der Waals surface area contributed by atoms with Crippen molar-refractivity contribution in [3.8, 4) is 11.5 Å². The van der Waals surface area contributed by atoms with Gasteiger partial charge in [-0.25, -0.2) is 4.98 Å². The molecule has 2 N–H and O–H groups in total. The van der Waals surface area contributed by atoms with E-state index in [4.69, 9.17) is 4.74 Å². The number of rotatable bonds is 5. The number of aromatic nitrogens is 2. The van der Waals surface area contributed by atoms with E-state index in [9.17, 15) is 9.59 Å². The lowest BCUT2D eigenvalue weighted by Gasteiger charge is -2.15. The van der Waals surface area contributed by atoms with Crippen molar-refractivity contribution < 1.29 is 14.3 Å². The first-order chi connectivity index (χ1) is 18.1. The summed E-state index contributed by atoms with van der Waals surface area (Å²) in [4.78, 5) is 34.8. The van der Waals surface area contributed by atoms with Crippen LogP contribution in [0.5, 0.6) is 11.5 Å². The minimum absolute atomic E-state index is 0.0122. The normalized spacial score (nSPS) is 20.5. The van der Waals surface area contributed by atoms with Gasteiger partial charge in [-0.05, 0) is 71.4 Å². The number of carbonyl (C=O) groups excluding carboxylic acids is 2. The van der Waals surface area contributed by atoms with Crippen molar-refractivity contribution in [2.45, 2.75) is 12.8 Å². The van der Waals surface area contributed by atoms with Crippen molar-refractivity contribution >= 4 is 35.0 Å². The number of benzene rings is 1. The zero-order valence-corrected chi connectivity index (χ0v) is 20.3. The van der Waals surface area contributed by atoms with Gasteiger partial charge in [-0.1, -0.05) is 18.2 Å². The highest BCUT2D eigenvalue weighted by atomic mass is 16.5. The fourth-order valence-electron chi connectivity index (χ4n) is 5.17. The van der Waals surface area contributed by atoms with E-state index in [1.165, 1.54) is 11.1 Å². The second-order valence-electron chi connectivity index (χ2n) is 9.60. The average Bonchev–Trinajstić information content (AvgIpc) is 3.43. The summed E-state index contributed by atoms with van der Waals surface area (Å²) in [5.41, 5.74) is 4.12. The van der Waals surface area contributed by atoms with E-state index in [-0.39, 0.29) is 11.8 Å². The molecule has 2 aliphatic heterocycles. The molecule has 1 saturated heterocycles. The number of allylic oxidation sites excluding steroid dienone is 1. The maximum Gasteiger partial charge on any atom is 0.246 e. The van der Waals surface area contributed by atoms with Crippen LogP contribution in [0.4, 0.5) is 11.5 Å². The first-order valence-corrected chi connectivity index (χ1v) is 12.5. The smallest absolute Gasteiger partial charge is 0.246 e. The lowest BCUT2D eigenvalue weighted by atomic mass is 9.98. The van der Waals surface area contributed by atoms with Gasteiger partial charge in [0.2, 0.25) is 11.8 Å². The minimum atomic E-state index is -0.0546. The van der Waals surface area contributed by atoms with Gasteiger partial charge in [0.1, 0.15) is 11.5 Å². The molecule has 8 heteroatoms. The van der Waals surface area contributed by atoms with Gasteiger partial charge in [0.25, 0.3) is 0 Å². The number of nitrogens with one attached hydrogen (secondary N) is 2. The summed E-state index contributed by atoms with van der Waals surface area (Å²) in [6.45, 7) is 2.05. The molecule has 1 aromatic carbocycles. The number of nitrogens with zero attached hydrogens (tertiary/aromatic N) is 3. The number of likely N-dealkylation sites (tertiary alicyclic amines) is 1. The van der Waals surface area contributed by atoms with Crippen molar-refractivity contribution in [3.63, 3.8) is 0 Å². The van der Waals surface area contributed by atoms with E-state index < -0.39 is 0 Å². The third kappa shape index (κ3) is 5.09. The number of amides is 2. The molecule has 2 amide bonds. The molecule has 4 heterocycles. The first-order valence-electron chi connectivity index (χ1n) is 12.5. The largest absolute Gasteiger partial charge is 0.457 e. The Morgan fingerprint density at radius 1 is 1.08 bits per heavy atom. The quantitative estimate of drug-likeness (QED) is 0.505. The van der Waals surface area contributed by atoms with Crippen molar-refractivity contribution in [2.24, 2.45) is 11.8 Å². The molecule has 2 aromatic heterocycles.